The Balaban J connectivity index is 1.82. The van der Waals surface area contributed by atoms with E-state index in [-0.39, 0.29) is 11.6 Å². The van der Waals surface area contributed by atoms with Gasteiger partial charge in [-0.1, -0.05) is 19.4 Å². The second kappa shape index (κ2) is 9.28. The highest BCUT2D eigenvalue weighted by Crippen LogP contribution is 2.28. The Morgan fingerprint density at radius 3 is 2.42 bits per heavy atom. The highest BCUT2D eigenvalue weighted by molar-refractivity contribution is 5.83. The third kappa shape index (κ3) is 4.41. The smallest absolute Gasteiger partial charge is 0.261 e. The van der Waals surface area contributed by atoms with E-state index < -0.39 is 0 Å². The number of rotatable bonds is 6. The van der Waals surface area contributed by atoms with Crippen LogP contribution < -0.4 is 10.9 Å². The maximum absolute atomic E-state index is 13.6. The van der Waals surface area contributed by atoms with Crippen LogP contribution in [0.1, 0.15) is 52.4 Å². The van der Waals surface area contributed by atoms with Crippen molar-refractivity contribution in [2.24, 2.45) is 0 Å². The summed E-state index contributed by atoms with van der Waals surface area (Å²) in [5, 5.41) is 4.29. The standard InChI is InChI=1S/C25H33N5O/c1-5-7-23(29-15-17(3)27-18(4)16-29)24-28-22-9-8-20(19-10-12-26-13-11-19)14-21(22)25(31)30(24)6-2/h8-14,17-18,23,27H,5-7,15-16H2,1-4H3/t17-,18+,23?. The first kappa shape index (κ1) is 21.7. The molecule has 2 aromatic heterocycles. The van der Waals surface area contributed by atoms with Crippen LogP contribution in [-0.4, -0.2) is 44.6 Å². The van der Waals surface area contributed by atoms with Crippen LogP contribution in [0.2, 0.25) is 0 Å². The van der Waals surface area contributed by atoms with Gasteiger partial charge in [-0.15, -0.1) is 0 Å². The Kier molecular flexibility index (Phi) is 6.49. The number of fused-ring (bicyclic) bond motifs is 1. The Labute approximate surface area is 184 Å². The summed E-state index contributed by atoms with van der Waals surface area (Å²) in [6.07, 6.45) is 5.59. The molecule has 1 fully saturated rings. The van der Waals surface area contributed by atoms with Crippen molar-refractivity contribution in [1.82, 2.24) is 24.8 Å². The van der Waals surface area contributed by atoms with Gasteiger partial charge in [-0.25, -0.2) is 4.98 Å². The molecule has 1 aliphatic heterocycles. The third-order valence-corrected chi connectivity index (χ3v) is 6.20. The summed E-state index contributed by atoms with van der Waals surface area (Å²) in [5.74, 6) is 0.903. The summed E-state index contributed by atoms with van der Waals surface area (Å²) in [4.78, 5) is 25.2. The van der Waals surface area contributed by atoms with Gasteiger partial charge in [-0.05, 0) is 62.6 Å². The molecular formula is C25H33N5O. The van der Waals surface area contributed by atoms with Crippen LogP contribution in [0.15, 0.2) is 47.5 Å². The topological polar surface area (TPSA) is 63.1 Å². The molecule has 6 heteroatoms. The maximum Gasteiger partial charge on any atom is 0.261 e. The predicted molar refractivity (Wildman–Crippen MR) is 126 cm³/mol. The Hall–Kier alpha value is -2.57. The molecular weight excluding hydrogens is 386 g/mol. The molecule has 0 aliphatic carbocycles. The summed E-state index contributed by atoms with van der Waals surface area (Å²) in [6.45, 7) is 11.3. The van der Waals surface area contributed by atoms with Gasteiger partial charge >= 0.3 is 0 Å². The minimum Gasteiger partial charge on any atom is -0.309 e. The lowest BCUT2D eigenvalue weighted by Crippen LogP contribution is -2.55. The van der Waals surface area contributed by atoms with E-state index in [1.807, 2.05) is 41.8 Å². The molecule has 0 amide bonds. The number of aromatic nitrogens is 3. The molecule has 4 rings (SSSR count). The van der Waals surface area contributed by atoms with E-state index in [0.29, 0.717) is 24.0 Å². The first-order chi connectivity index (χ1) is 15.0. The molecule has 3 atom stereocenters. The summed E-state index contributed by atoms with van der Waals surface area (Å²) in [6, 6.07) is 10.9. The first-order valence-electron chi connectivity index (χ1n) is 11.5. The highest BCUT2D eigenvalue weighted by atomic mass is 16.1. The number of pyridine rings is 1. The Morgan fingerprint density at radius 2 is 1.77 bits per heavy atom. The average Bonchev–Trinajstić information content (AvgIpc) is 2.77. The fraction of sp³-hybridized carbons (Fsp3) is 0.480. The van der Waals surface area contributed by atoms with Gasteiger partial charge in [0, 0.05) is 44.1 Å². The lowest BCUT2D eigenvalue weighted by Gasteiger charge is -2.41. The zero-order valence-electron chi connectivity index (χ0n) is 19.0. The molecule has 1 unspecified atom stereocenters. The van der Waals surface area contributed by atoms with Crippen LogP contribution in [0.4, 0.5) is 0 Å². The van der Waals surface area contributed by atoms with E-state index in [1.54, 1.807) is 12.4 Å². The zero-order chi connectivity index (χ0) is 22.0. The Bertz CT molecular complexity index is 1080. The third-order valence-electron chi connectivity index (χ3n) is 6.20. The van der Waals surface area contributed by atoms with Crippen molar-refractivity contribution < 1.29 is 0 Å². The number of nitrogens with one attached hydrogen (secondary N) is 1. The summed E-state index contributed by atoms with van der Waals surface area (Å²) in [5.41, 5.74) is 2.89. The van der Waals surface area contributed by atoms with E-state index in [1.165, 1.54) is 0 Å². The number of piperazine rings is 1. The van der Waals surface area contributed by atoms with Gasteiger partial charge in [0.15, 0.2) is 0 Å². The minimum absolute atomic E-state index is 0.0516. The average molecular weight is 420 g/mol. The van der Waals surface area contributed by atoms with Gasteiger partial charge in [0.1, 0.15) is 5.82 Å². The zero-order valence-corrected chi connectivity index (χ0v) is 19.0. The molecule has 3 aromatic rings. The Morgan fingerprint density at radius 1 is 1.06 bits per heavy atom. The van der Waals surface area contributed by atoms with Crippen molar-refractivity contribution in [2.75, 3.05) is 13.1 Å². The predicted octanol–water partition coefficient (Wildman–Crippen LogP) is 4.00. The summed E-state index contributed by atoms with van der Waals surface area (Å²) < 4.78 is 1.89. The van der Waals surface area contributed by atoms with Crippen LogP contribution >= 0.6 is 0 Å². The van der Waals surface area contributed by atoms with Gasteiger partial charge in [0.25, 0.3) is 5.56 Å². The van der Waals surface area contributed by atoms with E-state index >= 15 is 0 Å². The molecule has 6 nitrogen and oxygen atoms in total. The lowest BCUT2D eigenvalue weighted by atomic mass is 10.0. The van der Waals surface area contributed by atoms with Crippen LogP contribution in [0.3, 0.4) is 0 Å². The molecule has 1 aliphatic rings. The van der Waals surface area contributed by atoms with E-state index in [0.717, 1.165) is 48.4 Å². The number of hydrogen-bond acceptors (Lipinski definition) is 5. The summed E-state index contributed by atoms with van der Waals surface area (Å²) in [7, 11) is 0. The van der Waals surface area contributed by atoms with E-state index in [2.05, 4.69) is 36.0 Å². The van der Waals surface area contributed by atoms with Crippen molar-refractivity contribution in [3.8, 4) is 11.1 Å². The SMILES string of the molecule is CCCC(c1nc2ccc(-c3ccncc3)cc2c(=O)n1CC)N1C[C@@H](C)N[C@@H](C)C1. The van der Waals surface area contributed by atoms with Gasteiger partial charge in [0.2, 0.25) is 0 Å². The largest absolute Gasteiger partial charge is 0.309 e. The van der Waals surface area contributed by atoms with Gasteiger partial charge in [0.05, 0.1) is 16.9 Å². The van der Waals surface area contributed by atoms with Crippen molar-refractivity contribution >= 4 is 10.9 Å². The number of benzene rings is 1. The molecule has 164 valence electrons. The molecule has 0 spiro atoms. The fourth-order valence-corrected chi connectivity index (χ4v) is 4.89. The van der Waals surface area contributed by atoms with E-state index in [9.17, 15) is 4.79 Å². The van der Waals surface area contributed by atoms with Crippen LogP contribution in [-0.2, 0) is 6.54 Å². The molecule has 0 radical (unpaired) electrons. The van der Waals surface area contributed by atoms with Crippen molar-refractivity contribution in [1.29, 1.82) is 0 Å². The fourth-order valence-electron chi connectivity index (χ4n) is 4.89. The highest BCUT2D eigenvalue weighted by Gasteiger charge is 2.30. The van der Waals surface area contributed by atoms with Gasteiger partial charge in [-0.2, -0.15) is 0 Å². The molecule has 0 saturated carbocycles. The van der Waals surface area contributed by atoms with Gasteiger partial charge < -0.3 is 5.32 Å². The van der Waals surface area contributed by atoms with Crippen LogP contribution in [0.25, 0.3) is 22.0 Å². The van der Waals surface area contributed by atoms with Crippen LogP contribution in [0, 0.1) is 0 Å². The number of nitrogens with zero attached hydrogens (tertiary/aromatic N) is 4. The second-order valence-electron chi connectivity index (χ2n) is 8.71. The monoisotopic (exact) mass is 419 g/mol. The quantitative estimate of drug-likeness (QED) is 0.654. The minimum atomic E-state index is 0.0516. The lowest BCUT2D eigenvalue weighted by molar-refractivity contribution is 0.109. The van der Waals surface area contributed by atoms with Crippen LogP contribution in [0.5, 0.6) is 0 Å². The first-order valence-corrected chi connectivity index (χ1v) is 11.5. The molecule has 1 saturated heterocycles. The van der Waals surface area contributed by atoms with Crippen molar-refractivity contribution in [2.45, 2.75) is 65.2 Å². The van der Waals surface area contributed by atoms with Crippen molar-refractivity contribution in [3.63, 3.8) is 0 Å². The van der Waals surface area contributed by atoms with E-state index in [4.69, 9.17) is 4.98 Å². The second-order valence-corrected chi connectivity index (χ2v) is 8.71. The molecule has 31 heavy (non-hydrogen) atoms. The normalized spacial score (nSPS) is 20.8. The van der Waals surface area contributed by atoms with Gasteiger partial charge in [-0.3, -0.25) is 19.2 Å². The number of hydrogen-bond donors (Lipinski definition) is 1. The molecule has 3 heterocycles. The molecule has 0 bridgehead atoms. The van der Waals surface area contributed by atoms with Crippen molar-refractivity contribution in [3.05, 3.63) is 58.9 Å². The molecule has 1 N–H and O–H groups in total. The maximum atomic E-state index is 13.6. The summed E-state index contributed by atoms with van der Waals surface area (Å²) >= 11 is 0. The molecule has 1 aromatic carbocycles.